The molecule has 0 fully saturated rings. The van der Waals surface area contributed by atoms with Gasteiger partial charge in [-0.15, -0.1) is 11.6 Å². The highest BCUT2D eigenvalue weighted by Crippen LogP contribution is 2.25. The number of rotatable bonds is 4. The molecule has 0 saturated heterocycles. The van der Waals surface area contributed by atoms with Crippen LogP contribution in [0.1, 0.15) is 5.82 Å². The average molecular weight is 275 g/mol. The summed E-state index contributed by atoms with van der Waals surface area (Å²) in [5.74, 6) is 2.33. The number of halogens is 2. The van der Waals surface area contributed by atoms with Crippen LogP contribution in [0.15, 0.2) is 18.2 Å². The van der Waals surface area contributed by atoms with Gasteiger partial charge in [-0.3, -0.25) is 0 Å². The second-order valence-electron chi connectivity index (χ2n) is 3.41. The molecule has 0 radical (unpaired) electrons. The Morgan fingerprint density at radius 2 is 2.25 bits per heavy atom. The third-order valence-electron chi connectivity index (χ3n) is 2.44. The highest BCUT2D eigenvalue weighted by molar-refractivity contribution is 7.98. The molecular weight excluding hydrogens is 263 g/mol. The van der Waals surface area contributed by atoms with Crippen molar-refractivity contribution >= 4 is 46.0 Å². The molecule has 1 aromatic heterocycles. The molecule has 2 nitrogen and oxygen atoms in total. The summed E-state index contributed by atoms with van der Waals surface area (Å²) in [5, 5.41) is 0.738. The number of benzene rings is 1. The van der Waals surface area contributed by atoms with Gasteiger partial charge in [0.2, 0.25) is 0 Å². The van der Waals surface area contributed by atoms with Gasteiger partial charge >= 0.3 is 0 Å². The Bertz CT molecular complexity index is 496. The maximum atomic E-state index is 6.20. The van der Waals surface area contributed by atoms with Crippen LogP contribution in [0.25, 0.3) is 11.0 Å². The molecule has 0 aliphatic carbocycles. The van der Waals surface area contributed by atoms with E-state index in [4.69, 9.17) is 23.2 Å². The summed E-state index contributed by atoms with van der Waals surface area (Å²) in [6.45, 7) is 0.892. The first-order chi connectivity index (χ1) is 7.77. The number of aromatic nitrogens is 2. The third-order valence-corrected chi connectivity index (χ3v) is 3.57. The summed E-state index contributed by atoms with van der Waals surface area (Å²) in [5.41, 5.74) is 1.91. The van der Waals surface area contributed by atoms with Crippen LogP contribution in [-0.4, -0.2) is 21.6 Å². The molecule has 5 heteroatoms. The molecule has 0 aliphatic rings. The Kier molecular flexibility index (Phi) is 4.00. The fraction of sp³-hybridized carbons (Fsp3) is 0.364. The number of alkyl halides is 1. The molecule has 0 N–H and O–H groups in total. The van der Waals surface area contributed by atoms with Crippen molar-refractivity contribution in [3.05, 3.63) is 29.0 Å². The molecule has 0 aliphatic heterocycles. The smallest absolute Gasteiger partial charge is 0.124 e. The van der Waals surface area contributed by atoms with E-state index in [1.165, 1.54) is 0 Å². The third kappa shape index (κ3) is 2.17. The second kappa shape index (κ2) is 5.30. The molecule has 0 atom stereocenters. The number of hydrogen-bond acceptors (Lipinski definition) is 2. The van der Waals surface area contributed by atoms with Crippen molar-refractivity contribution in [2.75, 3.05) is 12.0 Å². The van der Waals surface area contributed by atoms with Crippen LogP contribution in [-0.2, 0) is 12.4 Å². The van der Waals surface area contributed by atoms with Crippen LogP contribution in [0.4, 0.5) is 0 Å². The first-order valence-electron chi connectivity index (χ1n) is 4.96. The first-order valence-corrected chi connectivity index (χ1v) is 7.27. The standard InChI is InChI=1S/C11H12Cl2N2S/c1-16-6-5-15-10(7-12)14-9-4-2-3-8(13)11(9)15/h2-4H,5-7H2,1H3. The molecule has 0 amide bonds. The molecule has 0 saturated carbocycles. The molecule has 0 spiro atoms. The molecule has 0 unspecified atom stereocenters. The van der Waals surface area contributed by atoms with Crippen molar-refractivity contribution in [3.63, 3.8) is 0 Å². The summed E-state index contributed by atoms with van der Waals surface area (Å²) in [4.78, 5) is 4.48. The lowest BCUT2D eigenvalue weighted by Gasteiger charge is -2.07. The fourth-order valence-electron chi connectivity index (χ4n) is 1.72. The van der Waals surface area contributed by atoms with E-state index in [1.54, 1.807) is 11.8 Å². The lowest BCUT2D eigenvalue weighted by Crippen LogP contribution is -2.04. The Hall–Kier alpha value is -0.380. The van der Waals surface area contributed by atoms with Crippen molar-refractivity contribution in [2.24, 2.45) is 0 Å². The normalized spacial score (nSPS) is 11.2. The average Bonchev–Trinajstić information content (AvgIpc) is 2.65. The molecule has 2 aromatic rings. The highest BCUT2D eigenvalue weighted by Gasteiger charge is 2.11. The number of nitrogens with zero attached hydrogens (tertiary/aromatic N) is 2. The molecule has 86 valence electrons. The van der Waals surface area contributed by atoms with Crippen LogP contribution in [0.2, 0.25) is 5.02 Å². The number of fused-ring (bicyclic) bond motifs is 1. The summed E-state index contributed by atoms with van der Waals surface area (Å²) < 4.78 is 2.11. The van der Waals surface area contributed by atoms with Crippen molar-refractivity contribution < 1.29 is 0 Å². The van der Waals surface area contributed by atoms with E-state index in [0.29, 0.717) is 5.88 Å². The summed E-state index contributed by atoms with van der Waals surface area (Å²) in [6, 6.07) is 5.76. The molecule has 2 rings (SSSR count). The van der Waals surface area contributed by atoms with Crippen molar-refractivity contribution in [2.45, 2.75) is 12.4 Å². The Morgan fingerprint density at radius 3 is 2.94 bits per heavy atom. The quantitative estimate of drug-likeness (QED) is 0.790. The topological polar surface area (TPSA) is 17.8 Å². The minimum atomic E-state index is 0.416. The van der Waals surface area contributed by atoms with E-state index in [-0.39, 0.29) is 0 Å². The number of aryl methyl sites for hydroxylation is 1. The van der Waals surface area contributed by atoms with E-state index in [0.717, 1.165) is 34.2 Å². The largest absolute Gasteiger partial charge is 0.325 e. The van der Waals surface area contributed by atoms with Gasteiger partial charge in [0.25, 0.3) is 0 Å². The van der Waals surface area contributed by atoms with Crippen LogP contribution >= 0.6 is 35.0 Å². The fourth-order valence-corrected chi connectivity index (χ4v) is 2.56. The van der Waals surface area contributed by atoms with Gasteiger partial charge in [0, 0.05) is 12.3 Å². The molecule has 16 heavy (non-hydrogen) atoms. The van der Waals surface area contributed by atoms with E-state index in [9.17, 15) is 0 Å². The first kappa shape index (κ1) is 12.1. The van der Waals surface area contributed by atoms with Gasteiger partial charge in [-0.1, -0.05) is 17.7 Å². The van der Waals surface area contributed by atoms with Gasteiger partial charge in [-0.2, -0.15) is 11.8 Å². The Balaban J connectivity index is 2.56. The lowest BCUT2D eigenvalue weighted by atomic mass is 10.3. The number of thioether (sulfide) groups is 1. The number of hydrogen-bond donors (Lipinski definition) is 0. The molecule has 0 bridgehead atoms. The summed E-state index contributed by atoms with van der Waals surface area (Å²) in [7, 11) is 0. The van der Waals surface area contributed by atoms with Gasteiger partial charge in [-0.25, -0.2) is 4.98 Å². The van der Waals surface area contributed by atoms with Gasteiger partial charge in [0.15, 0.2) is 0 Å². The number of imidazole rings is 1. The predicted molar refractivity (Wildman–Crippen MR) is 72.7 cm³/mol. The minimum absolute atomic E-state index is 0.416. The second-order valence-corrected chi connectivity index (χ2v) is 5.07. The summed E-state index contributed by atoms with van der Waals surface area (Å²) in [6.07, 6.45) is 2.08. The van der Waals surface area contributed by atoms with Crippen LogP contribution in [0, 0.1) is 0 Å². The van der Waals surface area contributed by atoms with Crippen molar-refractivity contribution in [1.29, 1.82) is 0 Å². The lowest BCUT2D eigenvalue weighted by molar-refractivity contribution is 0.755. The van der Waals surface area contributed by atoms with Crippen molar-refractivity contribution in [3.8, 4) is 0 Å². The highest BCUT2D eigenvalue weighted by atomic mass is 35.5. The van der Waals surface area contributed by atoms with E-state index < -0.39 is 0 Å². The van der Waals surface area contributed by atoms with Gasteiger partial charge in [0.05, 0.1) is 21.9 Å². The molecule has 1 heterocycles. The maximum Gasteiger partial charge on any atom is 0.124 e. The van der Waals surface area contributed by atoms with E-state index >= 15 is 0 Å². The molecule has 1 aromatic carbocycles. The van der Waals surface area contributed by atoms with Crippen LogP contribution in [0.5, 0.6) is 0 Å². The maximum absolute atomic E-state index is 6.20. The van der Waals surface area contributed by atoms with Gasteiger partial charge in [-0.05, 0) is 18.4 Å². The van der Waals surface area contributed by atoms with Gasteiger partial charge < -0.3 is 4.57 Å². The van der Waals surface area contributed by atoms with Crippen LogP contribution in [0.3, 0.4) is 0 Å². The Morgan fingerprint density at radius 1 is 1.44 bits per heavy atom. The van der Waals surface area contributed by atoms with Crippen molar-refractivity contribution in [1.82, 2.24) is 9.55 Å². The van der Waals surface area contributed by atoms with Crippen LogP contribution < -0.4 is 0 Å². The SMILES string of the molecule is CSCCn1c(CCl)nc2cccc(Cl)c21. The predicted octanol–water partition coefficient (Wildman–Crippen LogP) is 3.79. The minimum Gasteiger partial charge on any atom is -0.325 e. The monoisotopic (exact) mass is 274 g/mol. The molecular formula is C11H12Cl2N2S. The van der Waals surface area contributed by atoms with E-state index in [1.807, 2.05) is 18.2 Å². The van der Waals surface area contributed by atoms with E-state index in [2.05, 4.69) is 15.8 Å². The zero-order valence-electron chi connectivity index (χ0n) is 8.91. The Labute approximate surface area is 109 Å². The number of para-hydroxylation sites is 1. The summed E-state index contributed by atoms with van der Waals surface area (Å²) >= 11 is 13.9. The zero-order chi connectivity index (χ0) is 11.5. The zero-order valence-corrected chi connectivity index (χ0v) is 11.2. The van der Waals surface area contributed by atoms with Gasteiger partial charge in [0.1, 0.15) is 5.82 Å².